The van der Waals surface area contributed by atoms with Gasteiger partial charge in [-0.25, -0.2) is 4.98 Å². The first-order valence-corrected chi connectivity index (χ1v) is 6.76. The molecule has 5 heteroatoms. The number of aromatic nitrogens is 2. The van der Waals surface area contributed by atoms with Gasteiger partial charge in [-0.15, -0.1) is 0 Å². The minimum atomic E-state index is 0.836. The van der Waals surface area contributed by atoms with Crippen LogP contribution >= 0.6 is 0 Å². The van der Waals surface area contributed by atoms with E-state index in [0.29, 0.717) is 0 Å². The fourth-order valence-electron chi connectivity index (χ4n) is 2.39. The Hall–Kier alpha value is -0.910. The van der Waals surface area contributed by atoms with Crippen molar-refractivity contribution in [3.8, 4) is 0 Å². The summed E-state index contributed by atoms with van der Waals surface area (Å²) in [6.45, 7) is 10.6. The van der Waals surface area contributed by atoms with Crippen molar-refractivity contribution in [3.05, 3.63) is 18.2 Å². The van der Waals surface area contributed by atoms with Gasteiger partial charge < -0.3 is 9.30 Å². The summed E-state index contributed by atoms with van der Waals surface area (Å²) in [5.74, 6) is 0. The van der Waals surface area contributed by atoms with Crippen molar-refractivity contribution in [1.29, 1.82) is 0 Å². The molecule has 0 saturated carbocycles. The molecular formula is C13H24N4O. The largest absolute Gasteiger partial charge is 0.383 e. The van der Waals surface area contributed by atoms with E-state index < -0.39 is 0 Å². The molecule has 0 N–H and O–H groups in total. The van der Waals surface area contributed by atoms with Gasteiger partial charge in [0.2, 0.25) is 0 Å². The molecule has 102 valence electrons. The first-order chi connectivity index (χ1) is 8.83. The summed E-state index contributed by atoms with van der Waals surface area (Å²) in [5, 5.41) is 0. The highest BCUT2D eigenvalue weighted by molar-refractivity contribution is 4.98. The Morgan fingerprint density at radius 1 is 1.22 bits per heavy atom. The number of imidazole rings is 1. The van der Waals surface area contributed by atoms with Crippen LogP contribution in [0.1, 0.15) is 12.6 Å². The second-order valence-corrected chi connectivity index (χ2v) is 4.78. The highest BCUT2D eigenvalue weighted by Gasteiger charge is 2.17. The number of ether oxygens (including phenoxy) is 1. The third-order valence-electron chi connectivity index (χ3n) is 3.60. The summed E-state index contributed by atoms with van der Waals surface area (Å²) in [6.07, 6.45) is 3.91. The summed E-state index contributed by atoms with van der Waals surface area (Å²) < 4.78 is 7.34. The van der Waals surface area contributed by atoms with Gasteiger partial charge in [0.05, 0.1) is 18.6 Å². The molecule has 0 aliphatic carbocycles. The van der Waals surface area contributed by atoms with E-state index in [4.69, 9.17) is 4.74 Å². The topological polar surface area (TPSA) is 33.5 Å². The molecule has 1 aromatic rings. The first-order valence-electron chi connectivity index (χ1n) is 6.76. The van der Waals surface area contributed by atoms with E-state index in [1.54, 1.807) is 7.11 Å². The summed E-state index contributed by atoms with van der Waals surface area (Å²) in [7, 11) is 1.77. The molecule has 1 aliphatic heterocycles. The van der Waals surface area contributed by atoms with Crippen LogP contribution < -0.4 is 0 Å². The molecule has 5 nitrogen and oxygen atoms in total. The molecule has 18 heavy (non-hydrogen) atoms. The van der Waals surface area contributed by atoms with Gasteiger partial charge in [-0.1, -0.05) is 0 Å². The molecule has 1 fully saturated rings. The van der Waals surface area contributed by atoms with E-state index in [-0.39, 0.29) is 0 Å². The van der Waals surface area contributed by atoms with E-state index in [9.17, 15) is 0 Å². The predicted molar refractivity (Wildman–Crippen MR) is 71.5 cm³/mol. The van der Waals surface area contributed by atoms with E-state index in [2.05, 4.69) is 26.3 Å². The highest BCUT2D eigenvalue weighted by atomic mass is 16.5. The Bertz CT molecular complexity index is 345. The lowest BCUT2D eigenvalue weighted by atomic mass is 10.3. The maximum Gasteiger partial charge on any atom is 0.0948 e. The zero-order valence-corrected chi connectivity index (χ0v) is 11.5. The molecule has 0 aromatic carbocycles. The summed E-state index contributed by atoms with van der Waals surface area (Å²) in [4.78, 5) is 9.20. The van der Waals surface area contributed by atoms with Crippen LogP contribution in [0.5, 0.6) is 0 Å². The van der Waals surface area contributed by atoms with Crippen molar-refractivity contribution in [2.75, 3.05) is 46.4 Å². The van der Waals surface area contributed by atoms with Gasteiger partial charge in [0.15, 0.2) is 0 Å². The van der Waals surface area contributed by atoms with Crippen LogP contribution in [-0.4, -0.2) is 65.8 Å². The third-order valence-corrected chi connectivity index (χ3v) is 3.60. The number of hydrogen-bond acceptors (Lipinski definition) is 4. The van der Waals surface area contributed by atoms with Gasteiger partial charge in [-0.05, 0) is 6.92 Å². The molecule has 0 atom stereocenters. The molecule has 2 rings (SSSR count). The summed E-state index contributed by atoms with van der Waals surface area (Å²) in [6, 6.07) is 0. The monoisotopic (exact) mass is 252 g/mol. The lowest BCUT2D eigenvalue weighted by Crippen LogP contribution is -2.46. The normalized spacial score (nSPS) is 18.3. The maximum absolute atomic E-state index is 5.12. The SMILES string of the molecule is CCn1cncc1CN1CCN(CCOC)CC1. The number of rotatable bonds is 6. The lowest BCUT2D eigenvalue weighted by Gasteiger charge is -2.34. The van der Waals surface area contributed by atoms with Crippen LogP contribution in [0.25, 0.3) is 0 Å². The fraction of sp³-hybridized carbons (Fsp3) is 0.769. The number of aryl methyl sites for hydroxylation is 1. The van der Waals surface area contributed by atoms with Crippen molar-refractivity contribution in [1.82, 2.24) is 19.4 Å². The van der Waals surface area contributed by atoms with Gasteiger partial charge >= 0.3 is 0 Å². The number of hydrogen-bond donors (Lipinski definition) is 0. The third kappa shape index (κ3) is 3.54. The molecule has 0 radical (unpaired) electrons. The van der Waals surface area contributed by atoms with Crippen molar-refractivity contribution in [3.63, 3.8) is 0 Å². The summed E-state index contributed by atoms with van der Waals surface area (Å²) in [5.41, 5.74) is 1.32. The first kappa shape index (κ1) is 13.5. The molecular weight excluding hydrogens is 228 g/mol. The van der Waals surface area contributed by atoms with Crippen LogP contribution in [0.4, 0.5) is 0 Å². The quantitative estimate of drug-likeness (QED) is 0.745. The highest BCUT2D eigenvalue weighted by Crippen LogP contribution is 2.08. The van der Waals surface area contributed by atoms with Crippen LogP contribution in [0.2, 0.25) is 0 Å². The molecule has 0 amide bonds. The Morgan fingerprint density at radius 2 is 1.94 bits per heavy atom. The van der Waals surface area contributed by atoms with Crippen LogP contribution in [0, 0.1) is 0 Å². The van der Waals surface area contributed by atoms with Crippen LogP contribution in [0.15, 0.2) is 12.5 Å². The van der Waals surface area contributed by atoms with E-state index in [1.165, 1.54) is 5.69 Å². The average molecular weight is 252 g/mol. The Morgan fingerprint density at radius 3 is 2.61 bits per heavy atom. The maximum atomic E-state index is 5.12. The number of nitrogens with zero attached hydrogens (tertiary/aromatic N) is 4. The molecule has 1 saturated heterocycles. The van der Waals surface area contributed by atoms with E-state index in [0.717, 1.165) is 52.4 Å². The molecule has 0 unspecified atom stereocenters. The second kappa shape index (κ2) is 6.87. The van der Waals surface area contributed by atoms with Gasteiger partial charge in [0.25, 0.3) is 0 Å². The molecule has 2 heterocycles. The smallest absolute Gasteiger partial charge is 0.0948 e. The standard InChI is InChI=1S/C13H24N4O/c1-3-17-12-14-10-13(17)11-16-6-4-15(5-7-16)8-9-18-2/h10,12H,3-9,11H2,1-2H3. The van der Waals surface area contributed by atoms with Crippen molar-refractivity contribution in [2.45, 2.75) is 20.0 Å². The molecule has 1 aromatic heterocycles. The van der Waals surface area contributed by atoms with Gasteiger partial charge in [-0.2, -0.15) is 0 Å². The van der Waals surface area contributed by atoms with Crippen LogP contribution in [0.3, 0.4) is 0 Å². The van der Waals surface area contributed by atoms with Gasteiger partial charge in [0.1, 0.15) is 0 Å². The average Bonchev–Trinajstić information content (AvgIpc) is 2.85. The number of piperazine rings is 1. The fourth-order valence-corrected chi connectivity index (χ4v) is 2.39. The zero-order valence-electron chi connectivity index (χ0n) is 11.5. The Balaban J connectivity index is 1.76. The molecule has 0 spiro atoms. The van der Waals surface area contributed by atoms with Crippen molar-refractivity contribution >= 4 is 0 Å². The van der Waals surface area contributed by atoms with Gasteiger partial charge in [0, 0.05) is 59.1 Å². The van der Waals surface area contributed by atoms with Crippen molar-refractivity contribution < 1.29 is 4.74 Å². The lowest BCUT2D eigenvalue weighted by molar-refractivity contribution is 0.0927. The minimum Gasteiger partial charge on any atom is -0.383 e. The molecule has 1 aliphatic rings. The Kier molecular flexibility index (Phi) is 5.16. The Labute approximate surface area is 109 Å². The van der Waals surface area contributed by atoms with Crippen LogP contribution in [-0.2, 0) is 17.8 Å². The molecule has 0 bridgehead atoms. The van der Waals surface area contributed by atoms with Gasteiger partial charge in [-0.3, -0.25) is 9.80 Å². The zero-order chi connectivity index (χ0) is 12.8. The number of methoxy groups -OCH3 is 1. The van der Waals surface area contributed by atoms with Crippen molar-refractivity contribution in [2.24, 2.45) is 0 Å². The van der Waals surface area contributed by atoms with E-state index >= 15 is 0 Å². The summed E-state index contributed by atoms with van der Waals surface area (Å²) >= 11 is 0. The second-order valence-electron chi connectivity index (χ2n) is 4.78. The van der Waals surface area contributed by atoms with E-state index in [1.807, 2.05) is 12.5 Å². The predicted octanol–water partition coefficient (Wildman–Crippen LogP) is 0.667. The minimum absolute atomic E-state index is 0.836.